The van der Waals surface area contributed by atoms with E-state index in [1.54, 1.807) is 4.90 Å². The Kier molecular flexibility index (Phi) is 10.9. The van der Waals surface area contributed by atoms with Crippen molar-refractivity contribution >= 4 is 11.9 Å². The lowest BCUT2D eigenvalue weighted by molar-refractivity contribution is -0.142. The summed E-state index contributed by atoms with van der Waals surface area (Å²) in [4.78, 5) is 25.4. The summed E-state index contributed by atoms with van der Waals surface area (Å²) in [6.45, 7) is 8.07. The first-order valence-corrected chi connectivity index (χ1v) is 7.99. The minimum atomic E-state index is -0.272. The summed E-state index contributed by atoms with van der Waals surface area (Å²) in [5.41, 5.74) is 5.59. The Morgan fingerprint density at radius 3 is 2.33 bits per heavy atom. The van der Waals surface area contributed by atoms with Gasteiger partial charge in [-0.2, -0.15) is 0 Å². The van der Waals surface area contributed by atoms with Crippen molar-refractivity contribution in [3.05, 3.63) is 0 Å². The third-order valence-electron chi connectivity index (χ3n) is 3.67. The smallest absolute Gasteiger partial charge is 0.307 e. The predicted molar refractivity (Wildman–Crippen MR) is 84.7 cm³/mol. The molecule has 0 saturated heterocycles. The number of carbonyl (C=O) groups excluding carboxylic acids is 2. The molecule has 0 fully saturated rings. The van der Waals surface area contributed by atoms with Gasteiger partial charge in [0.1, 0.15) is 0 Å². The molecule has 0 radical (unpaired) electrons. The van der Waals surface area contributed by atoms with Gasteiger partial charge in [0.05, 0.1) is 13.5 Å². The average molecular weight is 300 g/mol. The van der Waals surface area contributed by atoms with Crippen LogP contribution in [0.3, 0.4) is 0 Å². The van der Waals surface area contributed by atoms with Crippen molar-refractivity contribution in [3.63, 3.8) is 0 Å². The minimum Gasteiger partial charge on any atom is -0.469 e. The van der Waals surface area contributed by atoms with Gasteiger partial charge < -0.3 is 15.4 Å². The molecule has 0 aromatic carbocycles. The molecule has 2 N–H and O–H groups in total. The van der Waals surface area contributed by atoms with Crippen LogP contribution in [-0.4, -0.2) is 43.5 Å². The van der Waals surface area contributed by atoms with Crippen LogP contribution in [0.2, 0.25) is 0 Å². The van der Waals surface area contributed by atoms with Gasteiger partial charge in [0.15, 0.2) is 0 Å². The fourth-order valence-electron chi connectivity index (χ4n) is 2.36. The number of ether oxygens (including phenoxy) is 1. The number of amides is 1. The minimum absolute atomic E-state index is 0.128. The average Bonchev–Trinajstić information content (AvgIpc) is 2.46. The van der Waals surface area contributed by atoms with E-state index in [4.69, 9.17) is 5.73 Å². The van der Waals surface area contributed by atoms with Crippen LogP contribution in [0.15, 0.2) is 0 Å². The molecule has 1 amide bonds. The molecule has 124 valence electrons. The number of hydrogen-bond acceptors (Lipinski definition) is 4. The molecule has 0 aliphatic heterocycles. The number of esters is 1. The SMILES string of the molecule is CCC(CCN)CCC(=O)N(CCC(=O)OC)CC(C)C. The number of nitrogens with zero attached hydrogens (tertiary/aromatic N) is 1. The summed E-state index contributed by atoms with van der Waals surface area (Å²) in [5.74, 6) is 0.757. The highest BCUT2D eigenvalue weighted by molar-refractivity contribution is 5.77. The van der Waals surface area contributed by atoms with Crippen LogP contribution in [0.1, 0.15) is 52.9 Å². The van der Waals surface area contributed by atoms with Gasteiger partial charge >= 0.3 is 5.97 Å². The second-order valence-corrected chi connectivity index (χ2v) is 5.95. The van der Waals surface area contributed by atoms with Gasteiger partial charge in [0.2, 0.25) is 5.91 Å². The molecule has 21 heavy (non-hydrogen) atoms. The second-order valence-electron chi connectivity index (χ2n) is 5.95. The predicted octanol–water partition coefficient (Wildman–Crippen LogP) is 2.19. The van der Waals surface area contributed by atoms with Gasteiger partial charge in [-0.1, -0.05) is 27.2 Å². The fourth-order valence-corrected chi connectivity index (χ4v) is 2.36. The summed E-state index contributed by atoms with van der Waals surface area (Å²) in [6.07, 6.45) is 3.69. The van der Waals surface area contributed by atoms with E-state index >= 15 is 0 Å². The third-order valence-corrected chi connectivity index (χ3v) is 3.67. The molecule has 0 bridgehead atoms. The van der Waals surface area contributed by atoms with E-state index in [0.29, 0.717) is 37.9 Å². The first-order valence-electron chi connectivity index (χ1n) is 7.99. The summed E-state index contributed by atoms with van der Waals surface area (Å²) in [6, 6.07) is 0. The molecule has 0 heterocycles. The van der Waals surface area contributed by atoms with Crippen LogP contribution in [0.4, 0.5) is 0 Å². The first kappa shape index (κ1) is 19.9. The zero-order valence-corrected chi connectivity index (χ0v) is 14.1. The van der Waals surface area contributed by atoms with Crippen LogP contribution in [-0.2, 0) is 14.3 Å². The van der Waals surface area contributed by atoms with Crippen molar-refractivity contribution in [1.29, 1.82) is 0 Å². The van der Waals surface area contributed by atoms with Crippen molar-refractivity contribution in [3.8, 4) is 0 Å². The normalized spacial score (nSPS) is 12.3. The molecular formula is C16H32N2O3. The van der Waals surface area contributed by atoms with Gasteiger partial charge in [0.25, 0.3) is 0 Å². The van der Waals surface area contributed by atoms with Gasteiger partial charge in [0, 0.05) is 19.5 Å². The van der Waals surface area contributed by atoms with E-state index in [0.717, 1.165) is 19.3 Å². The molecule has 0 aliphatic carbocycles. The maximum Gasteiger partial charge on any atom is 0.307 e. The Labute approximate surface area is 129 Å². The third kappa shape index (κ3) is 9.45. The number of methoxy groups -OCH3 is 1. The Bertz CT molecular complexity index is 306. The van der Waals surface area contributed by atoms with Crippen molar-refractivity contribution in [2.45, 2.75) is 52.9 Å². The molecular weight excluding hydrogens is 268 g/mol. The van der Waals surface area contributed by atoms with Gasteiger partial charge in [-0.15, -0.1) is 0 Å². The Hall–Kier alpha value is -1.10. The molecule has 0 aromatic rings. The number of nitrogens with two attached hydrogens (primary N) is 1. The molecule has 0 aliphatic rings. The maximum absolute atomic E-state index is 12.3. The van der Waals surface area contributed by atoms with Crippen molar-refractivity contribution in [2.24, 2.45) is 17.6 Å². The quantitative estimate of drug-likeness (QED) is 0.594. The highest BCUT2D eigenvalue weighted by Gasteiger charge is 2.17. The largest absolute Gasteiger partial charge is 0.469 e. The topological polar surface area (TPSA) is 72.6 Å². The van der Waals surface area contributed by atoms with Crippen molar-refractivity contribution in [2.75, 3.05) is 26.7 Å². The van der Waals surface area contributed by atoms with E-state index in [2.05, 4.69) is 25.5 Å². The number of hydrogen-bond donors (Lipinski definition) is 1. The fraction of sp³-hybridized carbons (Fsp3) is 0.875. The number of rotatable bonds is 11. The molecule has 0 spiro atoms. The Morgan fingerprint density at radius 1 is 1.19 bits per heavy atom. The Balaban J connectivity index is 4.39. The van der Waals surface area contributed by atoms with E-state index < -0.39 is 0 Å². The van der Waals surface area contributed by atoms with E-state index in [-0.39, 0.29) is 18.3 Å². The highest BCUT2D eigenvalue weighted by atomic mass is 16.5. The van der Waals surface area contributed by atoms with Crippen LogP contribution in [0.5, 0.6) is 0 Å². The van der Waals surface area contributed by atoms with Gasteiger partial charge in [-0.3, -0.25) is 9.59 Å². The van der Waals surface area contributed by atoms with E-state index in [1.807, 2.05) is 0 Å². The van der Waals surface area contributed by atoms with Gasteiger partial charge in [-0.25, -0.2) is 0 Å². The van der Waals surface area contributed by atoms with E-state index in [9.17, 15) is 9.59 Å². The second kappa shape index (κ2) is 11.5. The molecule has 1 unspecified atom stereocenters. The van der Waals surface area contributed by atoms with Crippen LogP contribution in [0, 0.1) is 11.8 Å². The van der Waals surface area contributed by atoms with Gasteiger partial charge in [-0.05, 0) is 31.2 Å². The molecule has 5 heteroatoms. The van der Waals surface area contributed by atoms with Crippen LogP contribution < -0.4 is 5.73 Å². The zero-order chi connectivity index (χ0) is 16.3. The molecule has 0 aromatic heterocycles. The van der Waals surface area contributed by atoms with E-state index in [1.165, 1.54) is 7.11 Å². The first-order chi connectivity index (χ1) is 9.94. The standard InChI is InChI=1S/C16H32N2O3/c1-5-14(8-10-17)6-7-15(19)18(12-13(2)3)11-9-16(20)21-4/h13-14H,5-12,17H2,1-4H3. The van der Waals surface area contributed by atoms with Crippen LogP contribution in [0.25, 0.3) is 0 Å². The molecule has 5 nitrogen and oxygen atoms in total. The monoisotopic (exact) mass is 300 g/mol. The zero-order valence-electron chi connectivity index (χ0n) is 14.1. The molecule has 0 rings (SSSR count). The summed E-state index contributed by atoms with van der Waals surface area (Å²) < 4.78 is 4.64. The maximum atomic E-state index is 12.3. The van der Waals surface area contributed by atoms with Crippen LogP contribution >= 0.6 is 0 Å². The lowest BCUT2D eigenvalue weighted by atomic mass is 9.96. The summed E-state index contributed by atoms with van der Waals surface area (Å²) >= 11 is 0. The Morgan fingerprint density at radius 2 is 1.86 bits per heavy atom. The van der Waals surface area contributed by atoms with Crippen molar-refractivity contribution < 1.29 is 14.3 Å². The molecule has 1 atom stereocenters. The lowest BCUT2D eigenvalue weighted by Gasteiger charge is -2.25. The summed E-state index contributed by atoms with van der Waals surface area (Å²) in [7, 11) is 1.37. The number of carbonyl (C=O) groups is 2. The highest BCUT2D eigenvalue weighted by Crippen LogP contribution is 2.16. The molecule has 0 saturated carbocycles. The lowest BCUT2D eigenvalue weighted by Crippen LogP contribution is -2.36. The van der Waals surface area contributed by atoms with Crippen molar-refractivity contribution in [1.82, 2.24) is 4.90 Å². The summed E-state index contributed by atoms with van der Waals surface area (Å²) in [5, 5.41) is 0.